The fourth-order valence-electron chi connectivity index (χ4n) is 2.11. The molecule has 0 aromatic rings. The van der Waals surface area contributed by atoms with Gasteiger partial charge in [-0.1, -0.05) is 6.92 Å². The zero-order chi connectivity index (χ0) is 13.8. The lowest BCUT2D eigenvalue weighted by Crippen LogP contribution is -2.48. The van der Waals surface area contributed by atoms with E-state index in [4.69, 9.17) is 5.73 Å². The van der Waals surface area contributed by atoms with Crippen LogP contribution in [0.2, 0.25) is 0 Å². The average Bonchev–Trinajstić information content (AvgIpc) is 2.30. The van der Waals surface area contributed by atoms with E-state index in [2.05, 4.69) is 5.32 Å². The van der Waals surface area contributed by atoms with Crippen LogP contribution in [0.4, 0.5) is 0 Å². The third kappa shape index (κ3) is 4.22. The number of rotatable bonds is 5. The molecular weight excluding hydrogens is 254 g/mol. The molecule has 1 heterocycles. The Bertz CT molecular complexity index is 371. The summed E-state index contributed by atoms with van der Waals surface area (Å²) in [6.45, 7) is 3.24. The van der Waals surface area contributed by atoms with Gasteiger partial charge in [-0.15, -0.1) is 0 Å². The van der Waals surface area contributed by atoms with Gasteiger partial charge in [-0.25, -0.2) is 12.7 Å². The van der Waals surface area contributed by atoms with E-state index in [-0.39, 0.29) is 17.9 Å². The monoisotopic (exact) mass is 277 g/mol. The van der Waals surface area contributed by atoms with Gasteiger partial charge in [0, 0.05) is 31.6 Å². The second-order valence-electron chi connectivity index (χ2n) is 4.79. The van der Waals surface area contributed by atoms with Crippen molar-refractivity contribution in [3.05, 3.63) is 0 Å². The second-order valence-corrected chi connectivity index (χ2v) is 6.77. The van der Waals surface area contributed by atoms with Crippen LogP contribution in [0.3, 0.4) is 0 Å². The summed E-state index contributed by atoms with van der Waals surface area (Å²) in [4.78, 5) is 11.8. The topological polar surface area (TPSA) is 92.5 Å². The molecule has 0 saturated carbocycles. The first-order chi connectivity index (χ1) is 8.38. The van der Waals surface area contributed by atoms with Crippen molar-refractivity contribution in [3.8, 4) is 0 Å². The number of amides is 1. The number of nitrogens with one attached hydrogen (secondary N) is 1. The fraction of sp³-hybridized carbons (Fsp3) is 0.909. The summed E-state index contributed by atoms with van der Waals surface area (Å²) in [5.74, 6) is -0.157. The molecule has 1 saturated heterocycles. The quantitative estimate of drug-likeness (QED) is 0.709. The minimum atomic E-state index is -3.10. The number of carbonyl (C=O) groups excluding carboxylic acids is 1. The lowest BCUT2D eigenvalue weighted by atomic mass is 10.0. The van der Waals surface area contributed by atoms with Gasteiger partial charge in [0.2, 0.25) is 15.9 Å². The molecule has 1 unspecified atom stereocenters. The average molecular weight is 277 g/mol. The smallest absolute Gasteiger partial charge is 0.224 e. The van der Waals surface area contributed by atoms with Gasteiger partial charge < -0.3 is 11.1 Å². The van der Waals surface area contributed by atoms with Crippen molar-refractivity contribution < 1.29 is 13.2 Å². The normalized spacial score (nSPS) is 20.6. The molecule has 7 heteroatoms. The first-order valence-corrected chi connectivity index (χ1v) is 8.18. The number of carbonyl (C=O) groups is 1. The molecule has 1 aliphatic rings. The van der Waals surface area contributed by atoms with Crippen LogP contribution in [-0.4, -0.2) is 50.6 Å². The number of sulfonamides is 1. The first-order valence-electron chi connectivity index (χ1n) is 6.34. The number of hydrogen-bond acceptors (Lipinski definition) is 4. The predicted molar refractivity (Wildman–Crippen MR) is 70.4 cm³/mol. The molecule has 0 spiro atoms. The van der Waals surface area contributed by atoms with Crippen molar-refractivity contribution in [2.75, 3.05) is 25.9 Å². The molecule has 18 heavy (non-hydrogen) atoms. The van der Waals surface area contributed by atoms with E-state index in [0.29, 0.717) is 32.5 Å². The zero-order valence-electron chi connectivity index (χ0n) is 11.1. The second kappa shape index (κ2) is 6.49. The molecule has 6 nitrogen and oxygen atoms in total. The van der Waals surface area contributed by atoms with Crippen LogP contribution < -0.4 is 11.1 Å². The minimum absolute atomic E-state index is 0.0159. The fourth-order valence-corrected chi connectivity index (χ4v) is 2.98. The summed E-state index contributed by atoms with van der Waals surface area (Å²) in [7, 11) is -3.10. The Morgan fingerprint density at radius 3 is 2.39 bits per heavy atom. The number of piperidine rings is 1. The van der Waals surface area contributed by atoms with E-state index in [9.17, 15) is 13.2 Å². The Morgan fingerprint density at radius 1 is 1.44 bits per heavy atom. The van der Waals surface area contributed by atoms with E-state index in [0.717, 1.165) is 6.42 Å². The zero-order valence-corrected chi connectivity index (χ0v) is 11.9. The van der Waals surface area contributed by atoms with Crippen molar-refractivity contribution in [1.29, 1.82) is 0 Å². The highest BCUT2D eigenvalue weighted by Crippen LogP contribution is 2.14. The van der Waals surface area contributed by atoms with Gasteiger partial charge in [-0.2, -0.15) is 0 Å². The molecule has 1 rings (SSSR count). The maximum absolute atomic E-state index is 11.8. The molecule has 1 fully saturated rings. The molecule has 106 valence electrons. The van der Waals surface area contributed by atoms with Crippen LogP contribution in [0.1, 0.15) is 26.2 Å². The van der Waals surface area contributed by atoms with Crippen molar-refractivity contribution in [2.24, 2.45) is 11.7 Å². The highest BCUT2D eigenvalue weighted by atomic mass is 32.2. The van der Waals surface area contributed by atoms with E-state index >= 15 is 0 Å². The van der Waals surface area contributed by atoms with Crippen molar-refractivity contribution in [2.45, 2.75) is 32.2 Å². The Hall–Kier alpha value is -0.660. The van der Waals surface area contributed by atoms with Crippen LogP contribution in [0.15, 0.2) is 0 Å². The van der Waals surface area contributed by atoms with Gasteiger partial charge in [0.1, 0.15) is 0 Å². The van der Waals surface area contributed by atoms with Gasteiger partial charge in [0.15, 0.2) is 0 Å². The highest BCUT2D eigenvalue weighted by Gasteiger charge is 2.26. The van der Waals surface area contributed by atoms with Crippen LogP contribution >= 0.6 is 0 Å². The van der Waals surface area contributed by atoms with Gasteiger partial charge >= 0.3 is 0 Å². The van der Waals surface area contributed by atoms with Crippen molar-refractivity contribution in [3.63, 3.8) is 0 Å². The number of nitrogens with zero attached hydrogens (tertiary/aromatic N) is 1. The number of hydrogen-bond donors (Lipinski definition) is 2. The van der Waals surface area contributed by atoms with E-state index in [1.807, 2.05) is 6.92 Å². The maximum atomic E-state index is 11.8. The van der Waals surface area contributed by atoms with Gasteiger partial charge in [0.25, 0.3) is 0 Å². The molecule has 1 amide bonds. The summed E-state index contributed by atoms with van der Waals surface area (Å²) in [6.07, 6.45) is 3.28. The molecule has 0 radical (unpaired) electrons. The Balaban J connectivity index is 2.42. The third-order valence-electron chi connectivity index (χ3n) is 3.42. The SMILES string of the molecule is CCC(CN)C(=O)NC1CCN(S(C)(=O)=O)CC1. The molecule has 0 aromatic carbocycles. The molecule has 0 aromatic heterocycles. The van der Waals surface area contributed by atoms with Crippen LogP contribution in [0, 0.1) is 5.92 Å². The van der Waals surface area contributed by atoms with E-state index < -0.39 is 10.0 Å². The molecular formula is C11H23N3O3S. The molecule has 1 atom stereocenters. The van der Waals surface area contributed by atoms with Gasteiger partial charge in [-0.3, -0.25) is 4.79 Å². The van der Waals surface area contributed by atoms with E-state index in [1.54, 1.807) is 0 Å². The Labute approximate surface area is 109 Å². The minimum Gasteiger partial charge on any atom is -0.353 e. The predicted octanol–water partition coefficient (Wildman–Crippen LogP) is -0.488. The maximum Gasteiger partial charge on any atom is 0.224 e. The van der Waals surface area contributed by atoms with Crippen LogP contribution in [0.5, 0.6) is 0 Å². The van der Waals surface area contributed by atoms with Gasteiger partial charge in [0.05, 0.1) is 6.26 Å². The Morgan fingerprint density at radius 2 is 2.00 bits per heavy atom. The summed E-state index contributed by atoms with van der Waals surface area (Å²) in [5.41, 5.74) is 5.52. The van der Waals surface area contributed by atoms with Crippen LogP contribution in [0.25, 0.3) is 0 Å². The van der Waals surface area contributed by atoms with Crippen molar-refractivity contribution in [1.82, 2.24) is 9.62 Å². The summed E-state index contributed by atoms with van der Waals surface area (Å²) in [6, 6.07) is 0.0658. The van der Waals surface area contributed by atoms with Crippen molar-refractivity contribution >= 4 is 15.9 Å². The third-order valence-corrected chi connectivity index (χ3v) is 4.72. The Kier molecular flexibility index (Phi) is 5.55. The van der Waals surface area contributed by atoms with Crippen LogP contribution in [-0.2, 0) is 14.8 Å². The standard InChI is InChI=1S/C11H23N3O3S/c1-3-9(8-12)11(15)13-10-4-6-14(7-5-10)18(2,16)17/h9-10H,3-8,12H2,1-2H3,(H,13,15). The largest absolute Gasteiger partial charge is 0.353 e. The highest BCUT2D eigenvalue weighted by molar-refractivity contribution is 7.88. The first kappa shape index (κ1) is 15.4. The molecule has 0 bridgehead atoms. The summed E-state index contributed by atoms with van der Waals surface area (Å²) < 4.78 is 24.1. The molecule has 0 aliphatic carbocycles. The number of nitrogens with two attached hydrogens (primary N) is 1. The molecule has 1 aliphatic heterocycles. The summed E-state index contributed by atoms with van der Waals surface area (Å²) in [5, 5.41) is 2.95. The van der Waals surface area contributed by atoms with E-state index in [1.165, 1.54) is 10.6 Å². The lowest BCUT2D eigenvalue weighted by Gasteiger charge is -2.31. The lowest BCUT2D eigenvalue weighted by molar-refractivity contribution is -0.125. The summed E-state index contributed by atoms with van der Waals surface area (Å²) >= 11 is 0. The van der Waals surface area contributed by atoms with Gasteiger partial charge in [-0.05, 0) is 19.3 Å². The molecule has 3 N–H and O–H groups in total.